The highest BCUT2D eigenvalue weighted by molar-refractivity contribution is 6.04. The molecule has 3 heterocycles. The number of aromatic nitrogens is 4. The first-order valence-corrected chi connectivity index (χ1v) is 13.2. The second-order valence-electron chi connectivity index (χ2n) is 10.2. The monoisotopic (exact) mass is 611 g/mol. The summed E-state index contributed by atoms with van der Waals surface area (Å²) in [5, 5.41) is 10.8. The topological polar surface area (TPSA) is 111 Å². The first-order chi connectivity index (χ1) is 20.2. The summed E-state index contributed by atoms with van der Waals surface area (Å²) in [6.07, 6.45) is 2.26. The number of benzene rings is 2. The van der Waals surface area contributed by atoms with E-state index >= 15 is 4.39 Å². The van der Waals surface area contributed by atoms with Crippen LogP contribution in [0.4, 0.5) is 29.1 Å². The lowest BCUT2D eigenvalue weighted by molar-refractivity contribution is -0.141. The number of amides is 1. The largest absolute Gasteiger partial charge is 0.435 e. The number of fused-ring (bicyclic) bond motifs is 1. The number of hydrogen-bond acceptors (Lipinski definition) is 6. The lowest BCUT2D eigenvalue weighted by Gasteiger charge is -2.21. The standard InChI is InChI=1S/C30H25F4N7O.ClH/c31-23-6-4-20(27(38-16-17-1-2-17)19-7-10-36-11-8-19)13-24(23)39-29(42)25-15-26(30(32,33)34)40-41(25)21-5-3-18-9-12-37-28(35)22(18)14-21;/h3-15,17,27,38H,1-2,16H2,(H2,35,37)(H,39,42);1H. The molecule has 1 fully saturated rings. The number of nitrogen functional groups attached to an aromatic ring is 1. The van der Waals surface area contributed by atoms with Gasteiger partial charge in [0.1, 0.15) is 17.3 Å². The molecule has 6 rings (SSSR count). The molecule has 8 nitrogen and oxygen atoms in total. The van der Waals surface area contributed by atoms with Gasteiger partial charge in [0, 0.05) is 30.0 Å². The predicted octanol–water partition coefficient (Wildman–Crippen LogP) is 6.32. The van der Waals surface area contributed by atoms with Crippen LogP contribution in [0.25, 0.3) is 16.5 Å². The second-order valence-corrected chi connectivity index (χ2v) is 10.2. The number of nitrogens with zero attached hydrogens (tertiary/aromatic N) is 4. The molecule has 1 atom stereocenters. The molecule has 0 bridgehead atoms. The summed E-state index contributed by atoms with van der Waals surface area (Å²) < 4.78 is 57.0. The number of carbonyl (C=O) groups excluding carboxylic acids is 1. The maximum atomic E-state index is 15.0. The molecule has 5 aromatic rings. The van der Waals surface area contributed by atoms with Gasteiger partial charge in [-0.25, -0.2) is 14.1 Å². The van der Waals surface area contributed by atoms with Gasteiger partial charge in [0.05, 0.1) is 17.4 Å². The fraction of sp³-hybridized carbons (Fsp3) is 0.200. The van der Waals surface area contributed by atoms with E-state index < -0.39 is 29.3 Å². The second kappa shape index (κ2) is 12.0. The van der Waals surface area contributed by atoms with Crippen molar-refractivity contribution in [1.82, 2.24) is 25.1 Å². The number of halogens is 5. The summed E-state index contributed by atoms with van der Waals surface area (Å²) in [6.45, 7) is 0.761. The normalized spacial score (nSPS) is 13.9. The first-order valence-electron chi connectivity index (χ1n) is 13.2. The van der Waals surface area contributed by atoms with E-state index in [1.807, 2.05) is 12.1 Å². The van der Waals surface area contributed by atoms with Crippen LogP contribution in [0, 0.1) is 11.7 Å². The zero-order chi connectivity index (χ0) is 29.4. The van der Waals surface area contributed by atoms with Crippen LogP contribution in [0.15, 0.2) is 79.3 Å². The average molecular weight is 612 g/mol. The number of carbonyl (C=O) groups is 1. The summed E-state index contributed by atoms with van der Waals surface area (Å²) >= 11 is 0. The van der Waals surface area contributed by atoms with Crippen molar-refractivity contribution in [3.05, 3.63) is 108 Å². The van der Waals surface area contributed by atoms with Crippen molar-refractivity contribution < 1.29 is 22.4 Å². The molecular weight excluding hydrogens is 586 g/mol. The number of hydrogen-bond donors (Lipinski definition) is 3. The Balaban J connectivity index is 0.00000368. The third kappa shape index (κ3) is 6.45. The molecule has 43 heavy (non-hydrogen) atoms. The van der Waals surface area contributed by atoms with E-state index in [2.05, 4.69) is 25.7 Å². The third-order valence-corrected chi connectivity index (χ3v) is 7.18. The van der Waals surface area contributed by atoms with Crippen LogP contribution in [0.3, 0.4) is 0 Å². The van der Waals surface area contributed by atoms with Crippen LogP contribution >= 0.6 is 12.4 Å². The molecule has 1 aliphatic rings. The summed E-state index contributed by atoms with van der Waals surface area (Å²) in [5.74, 6) is -0.978. The van der Waals surface area contributed by atoms with E-state index in [1.165, 1.54) is 30.5 Å². The van der Waals surface area contributed by atoms with Crippen molar-refractivity contribution >= 4 is 40.6 Å². The van der Waals surface area contributed by atoms with E-state index in [1.54, 1.807) is 30.6 Å². The summed E-state index contributed by atoms with van der Waals surface area (Å²) in [7, 11) is 0. The van der Waals surface area contributed by atoms with Crippen molar-refractivity contribution in [3.63, 3.8) is 0 Å². The maximum Gasteiger partial charge on any atom is 0.435 e. The fourth-order valence-electron chi connectivity index (χ4n) is 4.78. The number of pyridine rings is 2. The molecule has 13 heteroatoms. The average Bonchev–Trinajstić information content (AvgIpc) is 3.68. The van der Waals surface area contributed by atoms with Crippen LogP contribution in [0.1, 0.15) is 46.2 Å². The Morgan fingerprint density at radius 3 is 2.49 bits per heavy atom. The van der Waals surface area contributed by atoms with E-state index in [0.717, 1.165) is 29.6 Å². The summed E-state index contributed by atoms with van der Waals surface area (Å²) in [4.78, 5) is 21.5. The molecule has 0 aliphatic heterocycles. The van der Waals surface area contributed by atoms with Gasteiger partial charge in [-0.3, -0.25) is 9.78 Å². The number of nitrogens with one attached hydrogen (secondary N) is 2. The predicted molar refractivity (Wildman–Crippen MR) is 157 cm³/mol. The molecular formula is C30H26ClF4N7O. The van der Waals surface area contributed by atoms with Crippen LogP contribution < -0.4 is 16.4 Å². The lowest BCUT2D eigenvalue weighted by Crippen LogP contribution is -2.25. The van der Waals surface area contributed by atoms with Gasteiger partial charge in [-0.1, -0.05) is 12.1 Å². The zero-order valence-electron chi connectivity index (χ0n) is 22.5. The number of rotatable bonds is 8. The van der Waals surface area contributed by atoms with Crippen molar-refractivity contribution in [2.45, 2.75) is 25.1 Å². The van der Waals surface area contributed by atoms with Crippen LogP contribution in [-0.4, -0.2) is 32.2 Å². The molecule has 1 aliphatic carbocycles. The molecule has 1 saturated carbocycles. The van der Waals surface area contributed by atoms with Gasteiger partial charge >= 0.3 is 6.18 Å². The van der Waals surface area contributed by atoms with Gasteiger partial charge < -0.3 is 16.4 Å². The highest BCUT2D eigenvalue weighted by Crippen LogP contribution is 2.33. The molecule has 1 amide bonds. The summed E-state index contributed by atoms with van der Waals surface area (Å²) in [6, 6.07) is 14.6. The zero-order valence-corrected chi connectivity index (χ0v) is 23.3. The molecule has 222 valence electrons. The van der Waals surface area contributed by atoms with Gasteiger partial charge in [0.2, 0.25) is 0 Å². The number of anilines is 2. The SMILES string of the molecule is Cl.Nc1nccc2ccc(-n3nc(C(F)(F)F)cc3C(=O)Nc3cc(C(NCC4CC4)c4ccncc4)ccc3F)cc12. The minimum Gasteiger partial charge on any atom is -0.383 e. The fourth-order valence-corrected chi connectivity index (χ4v) is 4.78. The van der Waals surface area contributed by atoms with Crippen molar-refractivity contribution in [3.8, 4) is 5.69 Å². The number of alkyl halides is 3. The molecule has 4 N–H and O–H groups in total. The van der Waals surface area contributed by atoms with Crippen LogP contribution in [0.5, 0.6) is 0 Å². The lowest BCUT2D eigenvalue weighted by atomic mass is 9.98. The van der Waals surface area contributed by atoms with E-state index in [0.29, 0.717) is 28.3 Å². The Bertz CT molecular complexity index is 1770. The molecule has 1 unspecified atom stereocenters. The van der Waals surface area contributed by atoms with Crippen molar-refractivity contribution in [2.24, 2.45) is 5.92 Å². The van der Waals surface area contributed by atoms with Crippen LogP contribution in [-0.2, 0) is 6.18 Å². The summed E-state index contributed by atoms with van der Waals surface area (Å²) in [5.41, 5.74) is 5.79. The van der Waals surface area contributed by atoms with E-state index in [-0.39, 0.29) is 35.6 Å². The Morgan fingerprint density at radius 1 is 1.00 bits per heavy atom. The smallest absolute Gasteiger partial charge is 0.383 e. The minimum absolute atomic E-state index is 0. The minimum atomic E-state index is -4.83. The first kappa shape index (κ1) is 29.9. The highest BCUT2D eigenvalue weighted by atomic mass is 35.5. The maximum absolute atomic E-state index is 15.0. The Hall–Kier alpha value is -4.55. The molecule has 0 radical (unpaired) electrons. The Kier molecular flexibility index (Phi) is 8.34. The van der Waals surface area contributed by atoms with Gasteiger partial charge in [-0.15, -0.1) is 12.4 Å². The van der Waals surface area contributed by atoms with Gasteiger partial charge in [0.25, 0.3) is 5.91 Å². The van der Waals surface area contributed by atoms with E-state index in [4.69, 9.17) is 5.73 Å². The van der Waals surface area contributed by atoms with Gasteiger partial charge in [-0.05, 0) is 84.3 Å². The van der Waals surface area contributed by atoms with Crippen molar-refractivity contribution in [2.75, 3.05) is 17.6 Å². The Labute approximate surface area is 249 Å². The van der Waals surface area contributed by atoms with Crippen molar-refractivity contribution in [1.29, 1.82) is 0 Å². The number of nitrogens with two attached hydrogens (primary N) is 1. The third-order valence-electron chi connectivity index (χ3n) is 7.18. The van der Waals surface area contributed by atoms with Crippen LogP contribution in [0.2, 0.25) is 0 Å². The Morgan fingerprint density at radius 2 is 1.77 bits per heavy atom. The van der Waals surface area contributed by atoms with Gasteiger partial charge in [-0.2, -0.15) is 18.3 Å². The quantitative estimate of drug-likeness (QED) is 0.177. The molecule has 3 aromatic heterocycles. The highest BCUT2D eigenvalue weighted by Gasteiger charge is 2.36. The molecule has 0 saturated heterocycles. The molecule has 2 aromatic carbocycles. The van der Waals surface area contributed by atoms with Gasteiger partial charge in [0.15, 0.2) is 5.69 Å². The molecule has 0 spiro atoms. The van der Waals surface area contributed by atoms with E-state index in [9.17, 15) is 18.0 Å².